The summed E-state index contributed by atoms with van der Waals surface area (Å²) in [4.78, 5) is 0. The number of allylic oxidation sites excluding steroid dienone is 3. The van der Waals surface area contributed by atoms with E-state index in [9.17, 15) is 0 Å². The van der Waals surface area contributed by atoms with E-state index in [1.54, 1.807) is 11.1 Å². The molecule has 0 aromatic rings. The van der Waals surface area contributed by atoms with Gasteiger partial charge < -0.3 is 4.48 Å². The number of hydrogen-bond donors (Lipinski definition) is 0. The molecule has 1 aliphatic carbocycles. The molecule has 1 heterocycles. The first-order valence-corrected chi connectivity index (χ1v) is 8.08. The van der Waals surface area contributed by atoms with Crippen molar-refractivity contribution in [2.24, 2.45) is 5.41 Å². The lowest BCUT2D eigenvalue weighted by Gasteiger charge is -2.36. The molecule has 0 radical (unpaired) electrons. The van der Waals surface area contributed by atoms with Gasteiger partial charge in [-0.05, 0) is 50.2 Å². The summed E-state index contributed by atoms with van der Waals surface area (Å²) in [5.74, 6) is 0. The summed E-state index contributed by atoms with van der Waals surface area (Å²) in [6, 6.07) is 0.653. The summed E-state index contributed by atoms with van der Waals surface area (Å²) in [6.07, 6.45) is 11.7. The van der Waals surface area contributed by atoms with Gasteiger partial charge in [-0.2, -0.15) is 0 Å². The maximum Gasteiger partial charge on any atom is 0.105 e. The lowest BCUT2D eigenvalue weighted by Crippen LogP contribution is -2.47. The van der Waals surface area contributed by atoms with E-state index in [1.807, 2.05) is 0 Å². The fourth-order valence-electron chi connectivity index (χ4n) is 3.92. The van der Waals surface area contributed by atoms with Crippen LogP contribution in [0.1, 0.15) is 59.8 Å². The Morgan fingerprint density at radius 1 is 1.16 bits per heavy atom. The molecule has 0 aromatic carbocycles. The highest BCUT2D eigenvalue weighted by molar-refractivity contribution is 5.32. The minimum atomic E-state index is 0.377. The molecule has 0 aromatic heterocycles. The van der Waals surface area contributed by atoms with Crippen LogP contribution in [-0.2, 0) is 0 Å². The van der Waals surface area contributed by atoms with Crippen molar-refractivity contribution in [1.82, 2.24) is 0 Å². The second-order valence-corrected chi connectivity index (χ2v) is 7.66. The highest BCUT2D eigenvalue weighted by Gasteiger charge is 2.32. The summed E-state index contributed by atoms with van der Waals surface area (Å²) >= 11 is 0. The molecule has 0 saturated carbocycles. The van der Waals surface area contributed by atoms with Gasteiger partial charge in [0.15, 0.2) is 0 Å². The van der Waals surface area contributed by atoms with Crippen LogP contribution in [0, 0.1) is 5.41 Å². The van der Waals surface area contributed by atoms with Crippen LogP contribution < -0.4 is 0 Å². The minimum Gasteiger partial charge on any atom is -0.321 e. The predicted molar refractivity (Wildman–Crippen MR) is 84.1 cm³/mol. The van der Waals surface area contributed by atoms with Gasteiger partial charge in [0.2, 0.25) is 0 Å². The Morgan fingerprint density at radius 2 is 1.79 bits per heavy atom. The van der Waals surface area contributed by atoms with E-state index in [-0.39, 0.29) is 0 Å². The molecule has 1 saturated heterocycles. The smallest absolute Gasteiger partial charge is 0.105 e. The van der Waals surface area contributed by atoms with Crippen LogP contribution in [0.15, 0.2) is 23.3 Å². The van der Waals surface area contributed by atoms with Gasteiger partial charge in [-0.1, -0.05) is 25.5 Å². The number of hydrogen-bond acceptors (Lipinski definition) is 0. The van der Waals surface area contributed by atoms with Crippen molar-refractivity contribution < 1.29 is 4.48 Å². The van der Waals surface area contributed by atoms with Crippen molar-refractivity contribution in [2.45, 2.75) is 65.8 Å². The van der Waals surface area contributed by atoms with Crippen LogP contribution in [0.25, 0.3) is 0 Å². The topological polar surface area (TPSA) is 0 Å². The summed E-state index contributed by atoms with van der Waals surface area (Å²) < 4.78 is 1.24. The molecule has 1 unspecified atom stereocenters. The first-order chi connectivity index (χ1) is 8.85. The van der Waals surface area contributed by atoms with Gasteiger partial charge in [0.25, 0.3) is 0 Å². The molecule has 2 aliphatic rings. The summed E-state index contributed by atoms with van der Waals surface area (Å²) in [5.41, 5.74) is 3.60. The van der Waals surface area contributed by atoms with Gasteiger partial charge in [0, 0.05) is 12.8 Å². The van der Waals surface area contributed by atoms with Gasteiger partial charge in [0.05, 0.1) is 20.1 Å². The largest absolute Gasteiger partial charge is 0.321 e. The van der Waals surface area contributed by atoms with Crippen LogP contribution >= 0.6 is 0 Å². The molecule has 1 fully saturated rings. The van der Waals surface area contributed by atoms with Crippen molar-refractivity contribution in [3.63, 3.8) is 0 Å². The third kappa shape index (κ3) is 3.13. The Bertz CT molecular complexity index is 380. The lowest BCUT2D eigenvalue weighted by atomic mass is 9.72. The summed E-state index contributed by atoms with van der Waals surface area (Å²) in [5, 5.41) is 0. The molecule has 2 rings (SSSR count). The maximum absolute atomic E-state index is 2.48. The monoisotopic (exact) mass is 262 g/mol. The van der Waals surface area contributed by atoms with E-state index in [1.165, 1.54) is 49.7 Å². The average Bonchev–Trinajstić information content (AvgIpc) is 2.76. The van der Waals surface area contributed by atoms with Gasteiger partial charge in [0.1, 0.15) is 6.04 Å². The highest BCUT2D eigenvalue weighted by Crippen LogP contribution is 2.40. The molecule has 1 atom stereocenters. The first-order valence-electron chi connectivity index (χ1n) is 8.08. The van der Waals surface area contributed by atoms with E-state index < -0.39 is 0 Å². The zero-order chi connectivity index (χ0) is 14.1. The van der Waals surface area contributed by atoms with E-state index in [0.717, 1.165) is 0 Å². The number of rotatable bonds is 3. The van der Waals surface area contributed by atoms with E-state index in [2.05, 4.69) is 46.9 Å². The summed E-state index contributed by atoms with van der Waals surface area (Å²) in [6.45, 7) is 12.3. The standard InChI is InChI=1S/C18H32N/c1-15-9-8-12-18(3,4)17(15)11-10-16(2)19(5)13-6-7-14-19/h10-11,16H,6-9,12-14H2,1-5H3/q+1. The Labute approximate surface area is 120 Å². The van der Waals surface area contributed by atoms with E-state index in [0.29, 0.717) is 11.5 Å². The Morgan fingerprint density at radius 3 is 2.37 bits per heavy atom. The quantitative estimate of drug-likeness (QED) is 0.647. The molecule has 0 spiro atoms. The molecule has 1 aliphatic heterocycles. The fourth-order valence-corrected chi connectivity index (χ4v) is 3.92. The Hall–Kier alpha value is -0.560. The third-order valence-electron chi connectivity index (χ3n) is 5.65. The van der Waals surface area contributed by atoms with Crippen molar-refractivity contribution in [3.05, 3.63) is 23.3 Å². The number of likely N-dealkylation sites (N-methyl/N-ethyl adjacent to an activating group) is 1. The van der Waals surface area contributed by atoms with Gasteiger partial charge in [-0.15, -0.1) is 0 Å². The normalized spacial score (nSPS) is 28.1. The molecule has 19 heavy (non-hydrogen) atoms. The minimum absolute atomic E-state index is 0.377. The molecule has 0 bridgehead atoms. The Balaban J connectivity index is 2.13. The molecule has 0 amide bonds. The molecule has 1 heteroatoms. The molecule has 0 N–H and O–H groups in total. The SMILES string of the molecule is CC1=C(C=CC(C)[N+]2(C)CCCC2)C(C)(C)CCC1. The van der Waals surface area contributed by atoms with Crippen LogP contribution in [0.5, 0.6) is 0 Å². The average molecular weight is 262 g/mol. The number of quaternary nitrogens is 1. The molecular weight excluding hydrogens is 230 g/mol. The van der Waals surface area contributed by atoms with Crippen molar-refractivity contribution >= 4 is 0 Å². The van der Waals surface area contributed by atoms with Gasteiger partial charge in [-0.25, -0.2) is 0 Å². The van der Waals surface area contributed by atoms with Crippen LogP contribution in [-0.4, -0.2) is 30.7 Å². The van der Waals surface area contributed by atoms with Crippen LogP contribution in [0.4, 0.5) is 0 Å². The van der Waals surface area contributed by atoms with Crippen LogP contribution in [0.3, 0.4) is 0 Å². The fraction of sp³-hybridized carbons (Fsp3) is 0.778. The van der Waals surface area contributed by atoms with Crippen molar-refractivity contribution in [2.75, 3.05) is 20.1 Å². The van der Waals surface area contributed by atoms with E-state index in [4.69, 9.17) is 0 Å². The first kappa shape index (κ1) is 14.8. The zero-order valence-electron chi connectivity index (χ0n) is 13.6. The predicted octanol–water partition coefficient (Wildman–Crippen LogP) is 4.70. The zero-order valence-corrected chi connectivity index (χ0v) is 13.6. The molecule has 1 nitrogen and oxygen atoms in total. The maximum atomic E-state index is 2.48. The number of nitrogens with zero attached hydrogens (tertiary/aromatic N) is 1. The third-order valence-corrected chi connectivity index (χ3v) is 5.65. The molecular formula is C18H32N+. The van der Waals surface area contributed by atoms with E-state index >= 15 is 0 Å². The summed E-state index contributed by atoms with van der Waals surface area (Å²) in [7, 11) is 2.43. The highest BCUT2D eigenvalue weighted by atomic mass is 15.4. The number of likely N-dealkylation sites (tertiary alicyclic amines) is 1. The van der Waals surface area contributed by atoms with Gasteiger partial charge >= 0.3 is 0 Å². The van der Waals surface area contributed by atoms with Crippen molar-refractivity contribution in [3.8, 4) is 0 Å². The second-order valence-electron chi connectivity index (χ2n) is 7.66. The Kier molecular flexibility index (Phi) is 4.25. The lowest BCUT2D eigenvalue weighted by molar-refractivity contribution is -0.913. The van der Waals surface area contributed by atoms with Crippen LogP contribution in [0.2, 0.25) is 0 Å². The van der Waals surface area contributed by atoms with Crippen molar-refractivity contribution in [1.29, 1.82) is 0 Å². The van der Waals surface area contributed by atoms with Gasteiger partial charge in [-0.3, -0.25) is 0 Å². The molecule has 108 valence electrons. The second kappa shape index (κ2) is 5.44.